The second-order valence-corrected chi connectivity index (χ2v) is 5.30. The smallest absolute Gasteiger partial charge is 0.161 e. The Bertz CT molecular complexity index is 420. The average molecular weight is 263 g/mol. The molecular formula is C15H21NO3. The number of aliphatic hydroxyl groups excluding tert-OH is 1. The van der Waals surface area contributed by atoms with Gasteiger partial charge in [0, 0.05) is 19.1 Å². The van der Waals surface area contributed by atoms with Crippen LogP contribution in [0, 0.1) is 0 Å². The minimum atomic E-state index is 0.0575. The number of ether oxygens (including phenoxy) is 2. The second-order valence-electron chi connectivity index (χ2n) is 5.30. The molecule has 3 rings (SSSR count). The molecule has 4 heteroatoms. The van der Waals surface area contributed by atoms with Gasteiger partial charge in [-0.15, -0.1) is 0 Å². The molecule has 1 atom stereocenters. The van der Waals surface area contributed by atoms with Gasteiger partial charge in [-0.3, -0.25) is 4.90 Å². The summed E-state index contributed by atoms with van der Waals surface area (Å²) in [5.41, 5.74) is 0. The Morgan fingerprint density at radius 1 is 1.21 bits per heavy atom. The van der Waals surface area contributed by atoms with Crippen LogP contribution in [0.2, 0.25) is 0 Å². The van der Waals surface area contributed by atoms with Crippen molar-refractivity contribution in [3.8, 4) is 11.5 Å². The molecule has 1 N–H and O–H groups in total. The Hall–Kier alpha value is -1.26. The van der Waals surface area contributed by atoms with Crippen LogP contribution >= 0.6 is 0 Å². The van der Waals surface area contributed by atoms with E-state index in [1.807, 2.05) is 24.3 Å². The molecule has 1 unspecified atom stereocenters. The van der Waals surface area contributed by atoms with E-state index in [2.05, 4.69) is 4.90 Å². The molecule has 1 fully saturated rings. The van der Waals surface area contributed by atoms with Crippen LogP contribution in [-0.4, -0.2) is 48.5 Å². The lowest BCUT2D eigenvalue weighted by molar-refractivity contribution is 0.0221. The topological polar surface area (TPSA) is 41.9 Å². The normalized spacial score (nSPS) is 22.3. The zero-order valence-corrected chi connectivity index (χ0v) is 11.1. The van der Waals surface area contributed by atoms with E-state index < -0.39 is 0 Å². The number of aliphatic hydroxyl groups is 1. The summed E-state index contributed by atoms with van der Waals surface area (Å²) < 4.78 is 11.7. The first kappa shape index (κ1) is 12.8. The van der Waals surface area contributed by atoms with E-state index in [-0.39, 0.29) is 12.7 Å². The number of rotatable bonds is 5. The van der Waals surface area contributed by atoms with Crippen LogP contribution in [0.4, 0.5) is 0 Å². The summed E-state index contributed by atoms with van der Waals surface area (Å²) in [6, 6.07) is 8.41. The van der Waals surface area contributed by atoms with Crippen LogP contribution in [0.5, 0.6) is 11.5 Å². The predicted octanol–water partition coefficient (Wildman–Crippen LogP) is 1.67. The summed E-state index contributed by atoms with van der Waals surface area (Å²) in [5, 5.41) is 9.18. The highest BCUT2D eigenvalue weighted by molar-refractivity contribution is 5.40. The van der Waals surface area contributed by atoms with E-state index in [4.69, 9.17) is 9.47 Å². The van der Waals surface area contributed by atoms with E-state index in [9.17, 15) is 5.11 Å². The van der Waals surface area contributed by atoms with E-state index in [0.717, 1.165) is 24.6 Å². The summed E-state index contributed by atoms with van der Waals surface area (Å²) in [5.74, 6) is 1.66. The molecule has 0 aromatic heterocycles. The van der Waals surface area contributed by atoms with Crippen molar-refractivity contribution in [2.24, 2.45) is 0 Å². The van der Waals surface area contributed by atoms with Gasteiger partial charge in [0.15, 0.2) is 11.5 Å². The zero-order valence-electron chi connectivity index (χ0n) is 11.1. The molecule has 0 radical (unpaired) electrons. The number of hydrogen-bond acceptors (Lipinski definition) is 4. The number of benzene rings is 1. The summed E-state index contributed by atoms with van der Waals surface area (Å²) in [4.78, 5) is 2.34. The zero-order chi connectivity index (χ0) is 13.1. The van der Waals surface area contributed by atoms with E-state index in [0.29, 0.717) is 12.6 Å². The first-order chi connectivity index (χ1) is 9.36. The van der Waals surface area contributed by atoms with Gasteiger partial charge < -0.3 is 14.6 Å². The molecule has 0 spiro atoms. The molecule has 0 bridgehead atoms. The molecule has 2 aliphatic rings. The molecule has 1 aliphatic heterocycles. The van der Waals surface area contributed by atoms with Gasteiger partial charge in [0.1, 0.15) is 12.7 Å². The summed E-state index contributed by atoms with van der Waals surface area (Å²) in [7, 11) is 0. The molecule has 1 aromatic carbocycles. The van der Waals surface area contributed by atoms with Crippen LogP contribution < -0.4 is 9.47 Å². The second kappa shape index (κ2) is 5.80. The van der Waals surface area contributed by atoms with Crippen LogP contribution in [-0.2, 0) is 0 Å². The SMILES string of the molecule is OCCN(CC1COc2ccccc2O1)C1CCC1. The third kappa shape index (κ3) is 2.85. The number of nitrogens with zero attached hydrogens (tertiary/aromatic N) is 1. The fourth-order valence-corrected chi connectivity index (χ4v) is 2.72. The molecule has 1 aromatic rings. The van der Waals surface area contributed by atoms with Crippen molar-refractivity contribution in [1.29, 1.82) is 0 Å². The average Bonchev–Trinajstić information content (AvgIpc) is 2.37. The largest absolute Gasteiger partial charge is 0.486 e. The lowest BCUT2D eigenvalue weighted by atomic mass is 9.91. The molecule has 19 heavy (non-hydrogen) atoms. The Kier molecular flexibility index (Phi) is 3.89. The van der Waals surface area contributed by atoms with Gasteiger partial charge in [0.05, 0.1) is 6.61 Å². The summed E-state index contributed by atoms with van der Waals surface area (Å²) in [6.45, 7) is 2.36. The van der Waals surface area contributed by atoms with Crippen molar-refractivity contribution < 1.29 is 14.6 Å². The Morgan fingerprint density at radius 2 is 2.00 bits per heavy atom. The Morgan fingerprint density at radius 3 is 2.68 bits per heavy atom. The lowest BCUT2D eigenvalue weighted by Gasteiger charge is -2.39. The van der Waals surface area contributed by atoms with Gasteiger partial charge in [-0.25, -0.2) is 0 Å². The fraction of sp³-hybridized carbons (Fsp3) is 0.600. The van der Waals surface area contributed by atoms with Crippen molar-refractivity contribution in [3.05, 3.63) is 24.3 Å². The van der Waals surface area contributed by atoms with Gasteiger partial charge in [-0.1, -0.05) is 18.6 Å². The van der Waals surface area contributed by atoms with Crippen LogP contribution in [0.15, 0.2) is 24.3 Å². The Balaban J connectivity index is 1.60. The number of para-hydroxylation sites is 2. The van der Waals surface area contributed by atoms with Crippen LogP contribution in [0.1, 0.15) is 19.3 Å². The highest BCUT2D eigenvalue weighted by Gasteiger charge is 2.29. The highest BCUT2D eigenvalue weighted by atomic mass is 16.6. The van der Waals surface area contributed by atoms with E-state index >= 15 is 0 Å². The maximum absolute atomic E-state index is 9.18. The molecule has 0 amide bonds. The van der Waals surface area contributed by atoms with Crippen molar-refractivity contribution >= 4 is 0 Å². The van der Waals surface area contributed by atoms with Crippen molar-refractivity contribution in [3.63, 3.8) is 0 Å². The molecule has 1 heterocycles. The third-order valence-corrected chi connectivity index (χ3v) is 3.98. The first-order valence-corrected chi connectivity index (χ1v) is 7.10. The van der Waals surface area contributed by atoms with E-state index in [1.54, 1.807) is 0 Å². The fourth-order valence-electron chi connectivity index (χ4n) is 2.72. The van der Waals surface area contributed by atoms with Crippen LogP contribution in [0.25, 0.3) is 0 Å². The third-order valence-electron chi connectivity index (χ3n) is 3.98. The van der Waals surface area contributed by atoms with Crippen LogP contribution in [0.3, 0.4) is 0 Å². The molecular weight excluding hydrogens is 242 g/mol. The van der Waals surface area contributed by atoms with Gasteiger partial charge in [0.2, 0.25) is 0 Å². The standard InChI is InChI=1S/C15H21NO3/c17-9-8-16(12-4-3-5-12)10-13-11-18-14-6-1-2-7-15(14)19-13/h1-2,6-7,12-13,17H,3-5,8-11H2. The molecule has 0 saturated heterocycles. The number of hydrogen-bond donors (Lipinski definition) is 1. The molecule has 1 aliphatic carbocycles. The predicted molar refractivity (Wildman–Crippen MR) is 72.7 cm³/mol. The minimum Gasteiger partial charge on any atom is -0.486 e. The van der Waals surface area contributed by atoms with Crippen molar-refractivity contribution in [2.45, 2.75) is 31.4 Å². The van der Waals surface area contributed by atoms with Crippen molar-refractivity contribution in [2.75, 3.05) is 26.3 Å². The maximum atomic E-state index is 9.18. The highest BCUT2D eigenvalue weighted by Crippen LogP contribution is 2.32. The Labute approximate surface area is 113 Å². The lowest BCUT2D eigenvalue weighted by Crippen LogP contribution is -2.48. The van der Waals surface area contributed by atoms with Gasteiger partial charge in [-0.05, 0) is 25.0 Å². The first-order valence-electron chi connectivity index (χ1n) is 7.10. The van der Waals surface area contributed by atoms with Gasteiger partial charge >= 0.3 is 0 Å². The maximum Gasteiger partial charge on any atom is 0.161 e. The minimum absolute atomic E-state index is 0.0575. The molecule has 104 valence electrons. The summed E-state index contributed by atoms with van der Waals surface area (Å²) >= 11 is 0. The molecule has 1 saturated carbocycles. The quantitative estimate of drug-likeness (QED) is 0.877. The van der Waals surface area contributed by atoms with Gasteiger partial charge in [-0.2, -0.15) is 0 Å². The number of fused-ring (bicyclic) bond motifs is 1. The monoisotopic (exact) mass is 263 g/mol. The summed E-state index contributed by atoms with van der Waals surface area (Å²) in [6.07, 6.45) is 3.84. The molecule has 4 nitrogen and oxygen atoms in total. The van der Waals surface area contributed by atoms with Gasteiger partial charge in [0.25, 0.3) is 0 Å². The van der Waals surface area contributed by atoms with E-state index in [1.165, 1.54) is 19.3 Å². The van der Waals surface area contributed by atoms with Crippen molar-refractivity contribution in [1.82, 2.24) is 4.90 Å².